The van der Waals surface area contributed by atoms with Crippen molar-refractivity contribution in [1.82, 2.24) is 4.90 Å². The standard InChI is InChI=1S/C10H19NO2S/c14-13-9-10(2-3-10)8-11-4-1-6-12-7-5-11/h14H,1-9H2. The fourth-order valence-corrected chi connectivity index (χ4v) is 2.37. The highest BCUT2D eigenvalue weighted by molar-refractivity contribution is 7.75. The maximum atomic E-state index is 5.43. The smallest absolute Gasteiger partial charge is 0.0679 e. The fraction of sp³-hybridized carbons (Fsp3) is 1.00. The molecule has 0 aromatic rings. The maximum Gasteiger partial charge on any atom is 0.0679 e. The molecule has 4 heteroatoms. The Balaban J connectivity index is 1.77. The molecule has 14 heavy (non-hydrogen) atoms. The minimum atomic E-state index is 0.423. The Kier molecular flexibility index (Phi) is 3.71. The summed E-state index contributed by atoms with van der Waals surface area (Å²) in [5, 5.41) is 0. The predicted molar refractivity (Wildman–Crippen MR) is 58.5 cm³/mol. The van der Waals surface area contributed by atoms with Crippen LogP contribution >= 0.6 is 12.9 Å². The Morgan fingerprint density at radius 3 is 2.86 bits per heavy atom. The summed E-state index contributed by atoms with van der Waals surface area (Å²) in [5.74, 6) is 0. The van der Waals surface area contributed by atoms with Crippen LogP contribution in [0, 0.1) is 5.41 Å². The molecule has 1 saturated carbocycles. The molecule has 0 aromatic carbocycles. The van der Waals surface area contributed by atoms with Crippen LogP contribution in [0.25, 0.3) is 0 Å². The van der Waals surface area contributed by atoms with Crippen molar-refractivity contribution in [3.8, 4) is 0 Å². The highest BCUT2D eigenvalue weighted by Crippen LogP contribution is 2.46. The molecule has 1 heterocycles. The van der Waals surface area contributed by atoms with Crippen molar-refractivity contribution in [3.63, 3.8) is 0 Å². The average Bonchev–Trinajstić information content (AvgIpc) is 2.93. The Bertz CT molecular complexity index is 177. The normalized spacial score (nSPS) is 27.2. The minimum Gasteiger partial charge on any atom is -0.380 e. The van der Waals surface area contributed by atoms with Gasteiger partial charge in [-0.3, -0.25) is 0 Å². The molecule has 0 radical (unpaired) electrons. The van der Waals surface area contributed by atoms with Crippen LogP contribution in [0.1, 0.15) is 19.3 Å². The van der Waals surface area contributed by atoms with E-state index in [0.717, 1.165) is 39.3 Å². The van der Waals surface area contributed by atoms with Gasteiger partial charge < -0.3 is 13.8 Å². The van der Waals surface area contributed by atoms with Gasteiger partial charge in [0.25, 0.3) is 0 Å². The third-order valence-electron chi connectivity index (χ3n) is 3.20. The number of hydrogen-bond acceptors (Lipinski definition) is 4. The lowest BCUT2D eigenvalue weighted by molar-refractivity contribution is 0.131. The van der Waals surface area contributed by atoms with Gasteiger partial charge in [-0.15, -0.1) is 0 Å². The first-order valence-corrected chi connectivity index (χ1v) is 5.78. The molecule has 2 aliphatic rings. The number of hydrogen-bond donors (Lipinski definition) is 1. The Morgan fingerprint density at radius 1 is 1.29 bits per heavy atom. The summed E-state index contributed by atoms with van der Waals surface area (Å²) in [4.78, 5) is 2.51. The molecule has 1 saturated heterocycles. The Hall–Kier alpha value is 0.230. The summed E-state index contributed by atoms with van der Waals surface area (Å²) in [7, 11) is 0. The van der Waals surface area contributed by atoms with Crippen LogP contribution in [-0.2, 0) is 8.92 Å². The molecule has 3 nitrogen and oxygen atoms in total. The number of thiol groups is 1. The lowest BCUT2D eigenvalue weighted by atomic mass is 10.1. The lowest BCUT2D eigenvalue weighted by Gasteiger charge is -2.24. The molecule has 0 aromatic heterocycles. The summed E-state index contributed by atoms with van der Waals surface area (Å²) >= 11 is 3.85. The molecule has 1 aliphatic heterocycles. The SMILES string of the molecule is SOCC1(CN2CCCOCC2)CC1. The zero-order chi connectivity index (χ0) is 9.86. The Labute approximate surface area is 91.4 Å². The molecule has 0 bridgehead atoms. The zero-order valence-corrected chi connectivity index (χ0v) is 9.47. The van der Waals surface area contributed by atoms with Gasteiger partial charge in [0.15, 0.2) is 0 Å². The zero-order valence-electron chi connectivity index (χ0n) is 8.57. The van der Waals surface area contributed by atoms with Gasteiger partial charge in [0.1, 0.15) is 0 Å². The van der Waals surface area contributed by atoms with E-state index in [-0.39, 0.29) is 0 Å². The molecule has 0 N–H and O–H groups in total. The molecule has 82 valence electrons. The van der Waals surface area contributed by atoms with Gasteiger partial charge in [0, 0.05) is 31.7 Å². The molecule has 1 aliphatic carbocycles. The van der Waals surface area contributed by atoms with E-state index in [4.69, 9.17) is 8.92 Å². The quantitative estimate of drug-likeness (QED) is 0.567. The molecule has 2 fully saturated rings. The highest BCUT2D eigenvalue weighted by atomic mass is 32.1. The van der Waals surface area contributed by atoms with Crippen LogP contribution in [-0.4, -0.2) is 44.4 Å². The number of nitrogens with zero attached hydrogens (tertiary/aromatic N) is 1. The van der Waals surface area contributed by atoms with E-state index >= 15 is 0 Å². The van der Waals surface area contributed by atoms with Crippen molar-refractivity contribution < 1.29 is 8.92 Å². The third kappa shape index (κ3) is 2.86. The van der Waals surface area contributed by atoms with Crippen LogP contribution < -0.4 is 0 Å². The van der Waals surface area contributed by atoms with Crippen LogP contribution in [0.15, 0.2) is 0 Å². The van der Waals surface area contributed by atoms with Crippen molar-refractivity contribution in [3.05, 3.63) is 0 Å². The molecular weight excluding hydrogens is 198 g/mol. The summed E-state index contributed by atoms with van der Waals surface area (Å²) in [6, 6.07) is 0. The summed E-state index contributed by atoms with van der Waals surface area (Å²) in [6.45, 7) is 6.03. The lowest BCUT2D eigenvalue weighted by Crippen LogP contribution is -2.34. The van der Waals surface area contributed by atoms with E-state index < -0.39 is 0 Å². The first kappa shape index (κ1) is 10.7. The van der Waals surface area contributed by atoms with Crippen molar-refractivity contribution >= 4 is 12.9 Å². The van der Waals surface area contributed by atoms with Gasteiger partial charge >= 0.3 is 0 Å². The second-order valence-electron chi connectivity index (χ2n) is 4.52. The van der Waals surface area contributed by atoms with Gasteiger partial charge in [-0.1, -0.05) is 0 Å². The first-order valence-electron chi connectivity index (χ1n) is 5.41. The van der Waals surface area contributed by atoms with Crippen LogP contribution in [0.2, 0.25) is 0 Å². The molecule has 0 atom stereocenters. The molecule has 2 rings (SSSR count). The topological polar surface area (TPSA) is 21.7 Å². The summed E-state index contributed by atoms with van der Waals surface area (Å²) in [6.07, 6.45) is 3.76. The largest absolute Gasteiger partial charge is 0.380 e. The van der Waals surface area contributed by atoms with E-state index in [1.807, 2.05) is 0 Å². The minimum absolute atomic E-state index is 0.423. The fourth-order valence-electron chi connectivity index (χ4n) is 2.09. The van der Waals surface area contributed by atoms with Crippen molar-refractivity contribution in [2.45, 2.75) is 19.3 Å². The van der Waals surface area contributed by atoms with E-state index in [9.17, 15) is 0 Å². The molecule has 0 spiro atoms. The Morgan fingerprint density at radius 2 is 2.14 bits per heavy atom. The van der Waals surface area contributed by atoms with Crippen LogP contribution in [0.3, 0.4) is 0 Å². The van der Waals surface area contributed by atoms with Crippen molar-refractivity contribution in [2.24, 2.45) is 5.41 Å². The number of rotatable bonds is 4. The maximum absolute atomic E-state index is 5.43. The van der Waals surface area contributed by atoms with E-state index in [2.05, 4.69) is 17.8 Å². The monoisotopic (exact) mass is 217 g/mol. The number of ether oxygens (including phenoxy) is 1. The van der Waals surface area contributed by atoms with E-state index in [1.165, 1.54) is 19.4 Å². The van der Waals surface area contributed by atoms with Gasteiger partial charge in [-0.05, 0) is 32.2 Å². The van der Waals surface area contributed by atoms with Crippen LogP contribution in [0.4, 0.5) is 0 Å². The van der Waals surface area contributed by atoms with Crippen molar-refractivity contribution in [1.29, 1.82) is 0 Å². The van der Waals surface area contributed by atoms with Gasteiger partial charge in [0.2, 0.25) is 0 Å². The van der Waals surface area contributed by atoms with Gasteiger partial charge in [0.05, 0.1) is 13.2 Å². The predicted octanol–water partition coefficient (Wildman–Crippen LogP) is 1.35. The van der Waals surface area contributed by atoms with Gasteiger partial charge in [-0.2, -0.15) is 0 Å². The van der Waals surface area contributed by atoms with E-state index in [0.29, 0.717) is 5.41 Å². The second kappa shape index (κ2) is 4.84. The van der Waals surface area contributed by atoms with Gasteiger partial charge in [-0.25, -0.2) is 0 Å². The second-order valence-corrected chi connectivity index (χ2v) is 4.77. The van der Waals surface area contributed by atoms with Crippen molar-refractivity contribution in [2.75, 3.05) is 39.5 Å². The average molecular weight is 217 g/mol. The third-order valence-corrected chi connectivity index (χ3v) is 3.33. The summed E-state index contributed by atoms with van der Waals surface area (Å²) < 4.78 is 10.4. The first-order chi connectivity index (χ1) is 6.85. The molecular formula is C10H19NO2S. The van der Waals surface area contributed by atoms with Crippen LogP contribution in [0.5, 0.6) is 0 Å². The molecule has 0 amide bonds. The molecule has 0 unspecified atom stereocenters. The summed E-state index contributed by atoms with van der Waals surface area (Å²) in [5.41, 5.74) is 0.423. The van der Waals surface area contributed by atoms with E-state index in [1.54, 1.807) is 0 Å². The highest BCUT2D eigenvalue weighted by Gasteiger charge is 2.44.